The van der Waals surface area contributed by atoms with Crippen LogP contribution in [0.5, 0.6) is 0 Å². The molecule has 0 aliphatic carbocycles. The Bertz CT molecular complexity index is 572. The summed E-state index contributed by atoms with van der Waals surface area (Å²) < 4.78 is 13.3. The van der Waals surface area contributed by atoms with Crippen LogP contribution in [-0.2, 0) is 6.42 Å². The van der Waals surface area contributed by atoms with Crippen molar-refractivity contribution in [3.63, 3.8) is 0 Å². The van der Waals surface area contributed by atoms with Gasteiger partial charge in [-0.25, -0.2) is 4.39 Å². The van der Waals surface area contributed by atoms with Gasteiger partial charge in [0.05, 0.1) is 0 Å². The van der Waals surface area contributed by atoms with Crippen LogP contribution in [-0.4, -0.2) is 0 Å². The second-order valence-electron chi connectivity index (χ2n) is 4.72. The van der Waals surface area contributed by atoms with Crippen molar-refractivity contribution in [1.82, 2.24) is 0 Å². The first-order valence-corrected chi connectivity index (χ1v) is 7.42. The third kappa shape index (κ3) is 3.37. The molecule has 0 amide bonds. The maximum Gasteiger partial charge on any atom is 0.123 e. The van der Waals surface area contributed by atoms with E-state index in [0.29, 0.717) is 0 Å². The summed E-state index contributed by atoms with van der Waals surface area (Å²) in [6.45, 7) is 3.87. The van der Waals surface area contributed by atoms with Crippen LogP contribution in [0.25, 0.3) is 0 Å². The van der Waals surface area contributed by atoms with E-state index in [1.807, 2.05) is 38.1 Å². The zero-order valence-corrected chi connectivity index (χ0v) is 13.2. The van der Waals surface area contributed by atoms with Crippen molar-refractivity contribution in [2.24, 2.45) is 0 Å². The van der Waals surface area contributed by atoms with E-state index < -0.39 is 0 Å². The van der Waals surface area contributed by atoms with Gasteiger partial charge in [-0.3, -0.25) is 0 Å². The van der Waals surface area contributed by atoms with E-state index in [0.717, 1.165) is 33.7 Å². The Kier molecular flexibility index (Phi) is 4.64. The summed E-state index contributed by atoms with van der Waals surface area (Å²) in [7, 11) is 0. The summed E-state index contributed by atoms with van der Waals surface area (Å²) in [6, 6.07) is 11.0. The normalized spacial score (nSPS) is 12.5. The van der Waals surface area contributed by atoms with Gasteiger partial charge in [0.1, 0.15) is 5.82 Å². The van der Waals surface area contributed by atoms with Gasteiger partial charge >= 0.3 is 0 Å². The van der Waals surface area contributed by atoms with Crippen molar-refractivity contribution in [3.05, 3.63) is 69.5 Å². The topological polar surface area (TPSA) is 0 Å². The molecule has 3 heteroatoms. The molecule has 0 aliphatic rings. The van der Waals surface area contributed by atoms with Gasteiger partial charge in [-0.15, -0.1) is 0 Å². The fourth-order valence-electron chi connectivity index (χ4n) is 2.37. The number of rotatable bonds is 3. The van der Waals surface area contributed by atoms with Crippen LogP contribution in [0.3, 0.4) is 0 Å². The first-order chi connectivity index (χ1) is 8.99. The molecule has 0 fully saturated rings. The van der Waals surface area contributed by atoms with Gasteiger partial charge in [-0.1, -0.05) is 45.7 Å². The van der Waals surface area contributed by atoms with Gasteiger partial charge in [-0.05, 0) is 60.7 Å². The molecule has 100 valence electrons. The second kappa shape index (κ2) is 6.06. The van der Waals surface area contributed by atoms with Gasteiger partial charge in [0.2, 0.25) is 0 Å². The smallest absolute Gasteiger partial charge is 0.123 e. The van der Waals surface area contributed by atoms with Crippen molar-refractivity contribution in [1.29, 1.82) is 0 Å². The molecule has 0 heterocycles. The number of alkyl halides is 1. The summed E-state index contributed by atoms with van der Waals surface area (Å²) in [5.41, 5.74) is 4.16. The molecule has 0 radical (unpaired) electrons. The minimum atomic E-state index is -0.184. The molecule has 0 spiro atoms. The van der Waals surface area contributed by atoms with Crippen molar-refractivity contribution in [2.45, 2.75) is 25.1 Å². The molecule has 1 atom stereocenters. The van der Waals surface area contributed by atoms with Crippen LogP contribution in [0.4, 0.5) is 4.39 Å². The first-order valence-electron chi connectivity index (χ1n) is 6.13. The van der Waals surface area contributed by atoms with Crippen LogP contribution in [0.1, 0.15) is 27.1 Å². The average molecular weight is 342 g/mol. The summed E-state index contributed by atoms with van der Waals surface area (Å²) in [4.78, 5) is 0.132. The highest BCUT2D eigenvalue weighted by atomic mass is 79.9. The minimum absolute atomic E-state index is 0.132. The second-order valence-corrected chi connectivity index (χ2v) is 6.23. The number of benzene rings is 2. The zero-order chi connectivity index (χ0) is 14.0. The van der Waals surface area contributed by atoms with E-state index in [-0.39, 0.29) is 10.6 Å². The van der Waals surface area contributed by atoms with Crippen LogP contribution in [0.15, 0.2) is 36.4 Å². The van der Waals surface area contributed by atoms with E-state index in [4.69, 9.17) is 11.6 Å². The standard InChI is InChI=1S/C16H15BrClF/c1-10-7-13(19)8-11(2)16(10)14(17)9-12-5-3-4-6-15(12)18/h3-8,14H,9H2,1-2H3. The number of hydrogen-bond donors (Lipinski definition) is 0. The Balaban J connectivity index is 2.31. The molecule has 0 saturated carbocycles. The van der Waals surface area contributed by atoms with Crippen molar-refractivity contribution < 1.29 is 4.39 Å². The van der Waals surface area contributed by atoms with Gasteiger partial charge in [0.25, 0.3) is 0 Å². The largest absolute Gasteiger partial charge is 0.207 e. The van der Waals surface area contributed by atoms with E-state index in [2.05, 4.69) is 15.9 Å². The van der Waals surface area contributed by atoms with E-state index >= 15 is 0 Å². The first kappa shape index (κ1) is 14.5. The highest BCUT2D eigenvalue weighted by Gasteiger charge is 2.16. The molecular formula is C16H15BrClF. The Morgan fingerprint density at radius 3 is 2.32 bits per heavy atom. The Labute approximate surface area is 126 Å². The number of halogens is 3. The molecule has 0 N–H and O–H groups in total. The summed E-state index contributed by atoms with van der Waals surface area (Å²) >= 11 is 9.88. The molecule has 0 aromatic heterocycles. The van der Waals surface area contributed by atoms with Gasteiger partial charge in [0, 0.05) is 9.85 Å². The fraction of sp³-hybridized carbons (Fsp3) is 0.250. The molecule has 1 unspecified atom stereocenters. The van der Waals surface area contributed by atoms with Crippen molar-refractivity contribution >= 4 is 27.5 Å². The van der Waals surface area contributed by atoms with Crippen molar-refractivity contribution in [2.75, 3.05) is 0 Å². The quantitative estimate of drug-likeness (QED) is 0.621. The summed E-state index contributed by atoms with van der Waals surface area (Å²) in [5.74, 6) is -0.184. The maximum atomic E-state index is 13.3. The Morgan fingerprint density at radius 1 is 1.16 bits per heavy atom. The molecule has 2 aromatic rings. The summed E-state index contributed by atoms with van der Waals surface area (Å²) in [5, 5.41) is 0.768. The Hall–Kier alpha value is -0.860. The Morgan fingerprint density at radius 2 is 1.74 bits per heavy atom. The maximum absolute atomic E-state index is 13.3. The van der Waals surface area contributed by atoms with Gasteiger partial charge < -0.3 is 0 Å². The van der Waals surface area contributed by atoms with E-state index in [9.17, 15) is 4.39 Å². The minimum Gasteiger partial charge on any atom is -0.207 e. The van der Waals surface area contributed by atoms with Crippen molar-refractivity contribution in [3.8, 4) is 0 Å². The zero-order valence-electron chi connectivity index (χ0n) is 10.9. The van der Waals surface area contributed by atoms with Crippen LogP contribution in [0, 0.1) is 19.7 Å². The molecule has 0 nitrogen and oxygen atoms in total. The molecule has 2 aromatic carbocycles. The molecule has 0 saturated heterocycles. The SMILES string of the molecule is Cc1cc(F)cc(C)c1C(Br)Cc1ccccc1Cl. The van der Waals surface area contributed by atoms with E-state index in [1.165, 1.54) is 0 Å². The fourth-order valence-corrected chi connectivity index (χ4v) is 3.66. The van der Waals surface area contributed by atoms with E-state index in [1.54, 1.807) is 12.1 Å². The molecule has 19 heavy (non-hydrogen) atoms. The number of hydrogen-bond acceptors (Lipinski definition) is 0. The summed E-state index contributed by atoms with van der Waals surface area (Å²) in [6.07, 6.45) is 0.785. The lowest BCUT2D eigenvalue weighted by molar-refractivity contribution is 0.624. The number of aryl methyl sites for hydroxylation is 2. The highest BCUT2D eigenvalue weighted by Crippen LogP contribution is 2.34. The lowest BCUT2D eigenvalue weighted by Gasteiger charge is -2.17. The van der Waals surface area contributed by atoms with Crippen LogP contribution >= 0.6 is 27.5 Å². The molecular weight excluding hydrogens is 327 g/mol. The lowest BCUT2D eigenvalue weighted by atomic mass is 9.96. The highest BCUT2D eigenvalue weighted by molar-refractivity contribution is 9.09. The van der Waals surface area contributed by atoms with Crippen LogP contribution in [0.2, 0.25) is 5.02 Å². The predicted molar refractivity (Wildman–Crippen MR) is 82.7 cm³/mol. The average Bonchev–Trinajstić information content (AvgIpc) is 2.30. The monoisotopic (exact) mass is 340 g/mol. The molecule has 0 bridgehead atoms. The predicted octanol–water partition coefficient (Wildman–Crippen LogP) is 5.77. The molecule has 2 rings (SSSR count). The lowest BCUT2D eigenvalue weighted by Crippen LogP contribution is -2.02. The third-order valence-electron chi connectivity index (χ3n) is 3.23. The third-order valence-corrected chi connectivity index (χ3v) is 4.38. The molecule has 0 aliphatic heterocycles. The van der Waals surface area contributed by atoms with Gasteiger partial charge in [-0.2, -0.15) is 0 Å². The van der Waals surface area contributed by atoms with Gasteiger partial charge in [0.15, 0.2) is 0 Å². The van der Waals surface area contributed by atoms with Crippen LogP contribution < -0.4 is 0 Å².